The van der Waals surface area contributed by atoms with E-state index in [1.54, 1.807) is 0 Å². The number of rotatable bonds is 7. The monoisotopic (exact) mass is 315 g/mol. The van der Waals surface area contributed by atoms with Gasteiger partial charge < -0.3 is 9.84 Å². The van der Waals surface area contributed by atoms with Crippen LogP contribution in [0.2, 0.25) is 0 Å². The maximum Gasteiger partial charge on any atom is 0.231 e. The van der Waals surface area contributed by atoms with Crippen LogP contribution in [0.25, 0.3) is 0 Å². The molecule has 114 valence electrons. The lowest BCUT2D eigenvalue weighted by molar-refractivity contribution is 0.314. The van der Waals surface area contributed by atoms with E-state index < -0.39 is 0 Å². The summed E-state index contributed by atoms with van der Waals surface area (Å²) in [4.78, 5) is 4.68. The van der Waals surface area contributed by atoms with Crippen LogP contribution < -0.4 is 5.32 Å². The van der Waals surface area contributed by atoms with Gasteiger partial charge in [-0.25, -0.2) is 0 Å². The minimum Gasteiger partial charge on any atom is -0.339 e. The van der Waals surface area contributed by atoms with E-state index >= 15 is 0 Å². The van der Waals surface area contributed by atoms with Gasteiger partial charge in [0.05, 0.1) is 11.2 Å². The molecule has 1 aliphatic heterocycles. The number of thioether (sulfide) groups is 2. The van der Waals surface area contributed by atoms with Gasteiger partial charge in [0, 0.05) is 23.3 Å². The molecule has 3 atom stereocenters. The molecule has 20 heavy (non-hydrogen) atoms. The highest BCUT2D eigenvalue weighted by molar-refractivity contribution is 8.06. The summed E-state index contributed by atoms with van der Waals surface area (Å²) in [5, 5.41) is 8.16. The maximum atomic E-state index is 5.55. The lowest BCUT2D eigenvalue weighted by atomic mass is 9.98. The fraction of sp³-hybridized carbons (Fsp3) is 0.857. The number of hydrogen-bond donors (Lipinski definition) is 1. The van der Waals surface area contributed by atoms with Crippen LogP contribution in [-0.2, 0) is 0 Å². The van der Waals surface area contributed by atoms with Crippen LogP contribution >= 0.6 is 23.5 Å². The SMILES string of the molecule is CCCNC(C)C(CC)c1nc(C2CSCCS2)no1. The third kappa shape index (κ3) is 4.15. The van der Waals surface area contributed by atoms with Crippen LogP contribution in [0.4, 0.5) is 0 Å². The minimum atomic E-state index is 0.309. The first-order valence-electron chi connectivity index (χ1n) is 7.52. The van der Waals surface area contributed by atoms with Crippen LogP contribution in [0.3, 0.4) is 0 Å². The summed E-state index contributed by atoms with van der Waals surface area (Å²) < 4.78 is 5.55. The average Bonchev–Trinajstić information content (AvgIpc) is 2.96. The maximum absolute atomic E-state index is 5.55. The Morgan fingerprint density at radius 1 is 1.40 bits per heavy atom. The smallest absolute Gasteiger partial charge is 0.231 e. The van der Waals surface area contributed by atoms with Crippen molar-refractivity contribution in [1.29, 1.82) is 0 Å². The summed E-state index contributed by atoms with van der Waals surface area (Å²) in [6.07, 6.45) is 2.16. The van der Waals surface area contributed by atoms with E-state index in [0.717, 1.165) is 36.9 Å². The summed E-state index contributed by atoms with van der Waals surface area (Å²) in [7, 11) is 0. The highest BCUT2D eigenvalue weighted by atomic mass is 32.2. The van der Waals surface area contributed by atoms with Crippen molar-refractivity contribution >= 4 is 23.5 Å². The molecule has 0 aliphatic carbocycles. The van der Waals surface area contributed by atoms with E-state index in [1.807, 2.05) is 23.5 Å². The van der Waals surface area contributed by atoms with Gasteiger partial charge in [0.1, 0.15) is 0 Å². The molecule has 0 saturated carbocycles. The molecular weight excluding hydrogens is 290 g/mol. The lowest BCUT2D eigenvalue weighted by Gasteiger charge is -2.20. The first-order chi connectivity index (χ1) is 9.76. The molecule has 0 amide bonds. The van der Waals surface area contributed by atoms with Crippen molar-refractivity contribution in [2.24, 2.45) is 0 Å². The van der Waals surface area contributed by atoms with Gasteiger partial charge in [-0.1, -0.05) is 19.0 Å². The van der Waals surface area contributed by atoms with Gasteiger partial charge in [0.25, 0.3) is 0 Å². The highest BCUT2D eigenvalue weighted by Crippen LogP contribution is 2.36. The Labute approximate surface area is 130 Å². The molecule has 4 nitrogen and oxygen atoms in total. The van der Waals surface area contributed by atoms with Crippen LogP contribution in [0.5, 0.6) is 0 Å². The van der Waals surface area contributed by atoms with Gasteiger partial charge in [-0.2, -0.15) is 16.7 Å². The Morgan fingerprint density at radius 3 is 2.90 bits per heavy atom. The lowest BCUT2D eigenvalue weighted by Crippen LogP contribution is -2.32. The Kier molecular flexibility index (Phi) is 6.71. The van der Waals surface area contributed by atoms with Crippen LogP contribution in [0.1, 0.15) is 56.5 Å². The molecule has 0 spiro atoms. The Bertz CT molecular complexity index is 394. The molecule has 1 aliphatic rings. The standard InChI is InChI=1S/C14H25N3OS2/c1-4-6-15-10(3)11(5-2)14-16-13(17-18-14)12-9-19-7-8-20-12/h10-12,15H,4-9H2,1-3H3. The third-order valence-electron chi connectivity index (χ3n) is 3.64. The summed E-state index contributed by atoms with van der Waals surface area (Å²) in [5.41, 5.74) is 0. The molecule has 3 unspecified atom stereocenters. The fourth-order valence-corrected chi connectivity index (χ4v) is 5.01. The summed E-state index contributed by atoms with van der Waals surface area (Å²) in [5.74, 6) is 5.52. The Morgan fingerprint density at radius 2 is 2.25 bits per heavy atom. The van der Waals surface area contributed by atoms with E-state index in [4.69, 9.17) is 4.52 Å². The quantitative estimate of drug-likeness (QED) is 0.831. The molecule has 0 aromatic carbocycles. The van der Waals surface area contributed by atoms with Crippen LogP contribution in [0, 0.1) is 0 Å². The molecule has 1 saturated heterocycles. The van der Waals surface area contributed by atoms with Gasteiger partial charge in [-0.3, -0.25) is 0 Å². The van der Waals surface area contributed by atoms with Crippen molar-refractivity contribution in [3.05, 3.63) is 11.7 Å². The van der Waals surface area contributed by atoms with E-state index in [2.05, 4.69) is 36.2 Å². The van der Waals surface area contributed by atoms with E-state index in [0.29, 0.717) is 17.2 Å². The topological polar surface area (TPSA) is 51.0 Å². The molecule has 6 heteroatoms. The van der Waals surface area contributed by atoms with E-state index in [-0.39, 0.29) is 0 Å². The van der Waals surface area contributed by atoms with Crippen LogP contribution in [0.15, 0.2) is 4.52 Å². The first kappa shape index (κ1) is 16.2. The predicted octanol–water partition coefficient (Wildman–Crippen LogP) is 3.47. The van der Waals surface area contributed by atoms with Crippen molar-refractivity contribution in [3.63, 3.8) is 0 Å². The number of nitrogens with zero attached hydrogens (tertiary/aromatic N) is 2. The van der Waals surface area contributed by atoms with Crippen molar-refractivity contribution < 1.29 is 4.52 Å². The molecule has 1 aromatic heterocycles. The predicted molar refractivity (Wildman–Crippen MR) is 87.6 cm³/mol. The zero-order valence-electron chi connectivity index (χ0n) is 12.6. The average molecular weight is 316 g/mol. The van der Waals surface area contributed by atoms with Crippen LogP contribution in [-0.4, -0.2) is 40.0 Å². The molecule has 1 fully saturated rings. The van der Waals surface area contributed by atoms with Crippen molar-refractivity contribution in [3.8, 4) is 0 Å². The number of aromatic nitrogens is 2. The largest absolute Gasteiger partial charge is 0.339 e. The van der Waals surface area contributed by atoms with Gasteiger partial charge in [0.2, 0.25) is 5.89 Å². The van der Waals surface area contributed by atoms with Gasteiger partial charge >= 0.3 is 0 Å². The molecule has 2 rings (SSSR count). The molecule has 2 heterocycles. The minimum absolute atomic E-state index is 0.309. The van der Waals surface area contributed by atoms with Crippen molar-refractivity contribution in [2.75, 3.05) is 23.8 Å². The molecule has 0 radical (unpaired) electrons. The number of hydrogen-bond acceptors (Lipinski definition) is 6. The zero-order valence-corrected chi connectivity index (χ0v) is 14.2. The normalized spacial score (nSPS) is 22.6. The second kappa shape index (κ2) is 8.29. The highest BCUT2D eigenvalue weighted by Gasteiger charge is 2.27. The third-order valence-corrected chi connectivity index (χ3v) is 6.39. The Hall–Kier alpha value is -0.200. The fourth-order valence-electron chi connectivity index (χ4n) is 2.42. The van der Waals surface area contributed by atoms with Gasteiger partial charge in [-0.15, -0.1) is 11.8 Å². The number of nitrogens with one attached hydrogen (secondary N) is 1. The summed E-state index contributed by atoms with van der Waals surface area (Å²) in [6, 6.07) is 0.377. The van der Waals surface area contributed by atoms with E-state index in [9.17, 15) is 0 Å². The molecule has 1 aromatic rings. The molecule has 1 N–H and O–H groups in total. The molecule has 0 bridgehead atoms. The molecular formula is C14H25N3OS2. The second-order valence-corrected chi connectivity index (χ2v) is 7.64. The first-order valence-corrected chi connectivity index (χ1v) is 9.72. The van der Waals surface area contributed by atoms with E-state index in [1.165, 1.54) is 11.5 Å². The summed E-state index contributed by atoms with van der Waals surface area (Å²) >= 11 is 3.93. The van der Waals surface area contributed by atoms with Crippen molar-refractivity contribution in [2.45, 2.75) is 50.8 Å². The zero-order chi connectivity index (χ0) is 14.4. The summed E-state index contributed by atoms with van der Waals surface area (Å²) in [6.45, 7) is 7.61. The Balaban J connectivity index is 2.01. The van der Waals surface area contributed by atoms with Crippen molar-refractivity contribution in [1.82, 2.24) is 15.5 Å². The second-order valence-electron chi connectivity index (χ2n) is 5.18. The van der Waals surface area contributed by atoms with Gasteiger partial charge in [-0.05, 0) is 26.3 Å². The van der Waals surface area contributed by atoms with Gasteiger partial charge in [0.15, 0.2) is 5.82 Å².